The van der Waals surface area contributed by atoms with Crippen molar-refractivity contribution in [3.63, 3.8) is 0 Å². The number of benzene rings is 2. The molecule has 0 amide bonds. The molecule has 1 heterocycles. The van der Waals surface area contributed by atoms with Crippen LogP contribution in [-0.2, 0) is 4.79 Å². The first kappa shape index (κ1) is 20.1. The van der Waals surface area contributed by atoms with Gasteiger partial charge >= 0.3 is 0 Å². The smallest absolute Gasteiger partial charge is 0.250 e. The van der Waals surface area contributed by atoms with Crippen LogP contribution in [0.1, 0.15) is 43.5 Å². The summed E-state index contributed by atoms with van der Waals surface area (Å²) in [5.74, 6) is 0.885. The summed E-state index contributed by atoms with van der Waals surface area (Å²) in [5, 5.41) is 6.49. The zero-order valence-corrected chi connectivity index (χ0v) is 18.2. The Labute approximate surface area is 168 Å². The maximum Gasteiger partial charge on any atom is 0.250 e. The van der Waals surface area contributed by atoms with Gasteiger partial charge in [0.25, 0.3) is 0 Å². The highest BCUT2D eigenvalue weighted by Gasteiger charge is 2.39. The van der Waals surface area contributed by atoms with E-state index in [4.69, 9.17) is 4.43 Å². The Hall–Kier alpha value is -2.66. The summed E-state index contributed by atoms with van der Waals surface area (Å²) in [7, 11) is -1.93. The molecular weight excluding hydrogens is 364 g/mol. The standard InChI is InChI=1S/C23H28N2O2Si/c1-23(2,3)28(4,5)27-20-12-8-11-18(16-20)22-21-13-7-6-10-19(21)17-24-25(22)14-9-15-26/h6-17,22H,1-5H3. The number of aldehydes is 1. The van der Waals surface area contributed by atoms with Crippen molar-refractivity contribution >= 4 is 20.8 Å². The Kier molecular flexibility index (Phi) is 5.56. The van der Waals surface area contributed by atoms with Crippen molar-refractivity contribution in [3.8, 4) is 5.75 Å². The fourth-order valence-electron chi connectivity index (χ4n) is 2.99. The average Bonchev–Trinajstić information content (AvgIpc) is 2.64. The Morgan fingerprint density at radius 3 is 2.57 bits per heavy atom. The number of allylic oxidation sites excluding steroid dienone is 1. The van der Waals surface area contributed by atoms with Gasteiger partial charge in [0, 0.05) is 11.8 Å². The van der Waals surface area contributed by atoms with Gasteiger partial charge in [-0.05, 0) is 47.5 Å². The van der Waals surface area contributed by atoms with Crippen LogP contribution in [0.25, 0.3) is 0 Å². The summed E-state index contributed by atoms with van der Waals surface area (Å²) in [4.78, 5) is 10.9. The van der Waals surface area contributed by atoms with Crippen LogP contribution in [0.3, 0.4) is 0 Å². The molecule has 28 heavy (non-hydrogen) atoms. The molecule has 0 aliphatic carbocycles. The fraction of sp³-hybridized carbons (Fsp3) is 0.304. The zero-order valence-electron chi connectivity index (χ0n) is 17.2. The lowest BCUT2D eigenvalue weighted by molar-refractivity contribution is -0.104. The largest absolute Gasteiger partial charge is 0.543 e. The molecule has 0 spiro atoms. The number of hydrogen-bond acceptors (Lipinski definition) is 4. The van der Waals surface area contributed by atoms with Crippen molar-refractivity contribution in [2.24, 2.45) is 5.10 Å². The van der Waals surface area contributed by atoms with Crippen LogP contribution in [-0.4, -0.2) is 25.8 Å². The van der Waals surface area contributed by atoms with Crippen molar-refractivity contribution < 1.29 is 9.22 Å². The summed E-state index contributed by atoms with van der Waals surface area (Å²) in [6.45, 7) is 11.2. The highest BCUT2D eigenvalue weighted by molar-refractivity contribution is 6.74. The predicted molar refractivity (Wildman–Crippen MR) is 117 cm³/mol. The van der Waals surface area contributed by atoms with Gasteiger partial charge in [-0.25, -0.2) is 0 Å². The van der Waals surface area contributed by atoms with Crippen molar-refractivity contribution in [1.29, 1.82) is 0 Å². The average molecular weight is 393 g/mol. The van der Waals surface area contributed by atoms with Gasteiger partial charge in [0.1, 0.15) is 18.1 Å². The van der Waals surface area contributed by atoms with Gasteiger partial charge in [0.05, 0.1) is 6.21 Å². The molecule has 5 heteroatoms. The maximum atomic E-state index is 10.9. The summed E-state index contributed by atoms with van der Waals surface area (Å²) in [6, 6.07) is 16.3. The monoisotopic (exact) mass is 392 g/mol. The van der Waals surface area contributed by atoms with Crippen molar-refractivity contribution in [3.05, 3.63) is 77.5 Å². The van der Waals surface area contributed by atoms with Crippen LogP contribution < -0.4 is 4.43 Å². The molecule has 0 N–H and O–H groups in total. The quantitative estimate of drug-likeness (QED) is 0.382. The van der Waals surface area contributed by atoms with Crippen LogP contribution in [0, 0.1) is 0 Å². The fourth-order valence-corrected chi connectivity index (χ4v) is 4.01. The van der Waals surface area contributed by atoms with Gasteiger partial charge in [0.2, 0.25) is 8.32 Å². The topological polar surface area (TPSA) is 41.9 Å². The van der Waals surface area contributed by atoms with E-state index in [9.17, 15) is 4.79 Å². The number of hydrogen-bond donors (Lipinski definition) is 0. The molecule has 0 saturated heterocycles. The molecule has 0 radical (unpaired) electrons. The summed E-state index contributed by atoms with van der Waals surface area (Å²) < 4.78 is 6.51. The first-order chi connectivity index (χ1) is 13.2. The number of carbonyl (C=O) groups excluding carboxylic acids is 1. The van der Waals surface area contributed by atoms with Gasteiger partial charge in [-0.3, -0.25) is 9.80 Å². The minimum Gasteiger partial charge on any atom is -0.543 e. The van der Waals surface area contributed by atoms with E-state index in [2.05, 4.69) is 63.2 Å². The lowest BCUT2D eigenvalue weighted by atomic mass is 9.93. The van der Waals surface area contributed by atoms with Crippen molar-refractivity contribution in [1.82, 2.24) is 5.01 Å². The summed E-state index contributed by atoms with van der Waals surface area (Å²) in [5.41, 5.74) is 3.31. The molecule has 4 nitrogen and oxygen atoms in total. The Morgan fingerprint density at radius 1 is 1.11 bits per heavy atom. The molecule has 2 aromatic rings. The second kappa shape index (κ2) is 7.76. The van der Waals surface area contributed by atoms with E-state index < -0.39 is 8.32 Å². The molecule has 0 fully saturated rings. The minimum absolute atomic E-state index is 0.111. The third-order valence-corrected chi connectivity index (χ3v) is 9.91. The van der Waals surface area contributed by atoms with Crippen LogP contribution >= 0.6 is 0 Å². The predicted octanol–water partition coefficient (Wildman–Crippen LogP) is 5.52. The molecule has 0 aromatic heterocycles. The van der Waals surface area contributed by atoms with E-state index in [0.717, 1.165) is 28.7 Å². The second-order valence-corrected chi connectivity index (χ2v) is 13.3. The lowest BCUT2D eigenvalue weighted by Gasteiger charge is -2.37. The van der Waals surface area contributed by atoms with Gasteiger partial charge in [-0.1, -0.05) is 57.2 Å². The number of rotatable bonds is 5. The van der Waals surface area contributed by atoms with Gasteiger partial charge in [-0.2, -0.15) is 5.10 Å². The van der Waals surface area contributed by atoms with Crippen LogP contribution in [0.2, 0.25) is 18.1 Å². The molecule has 2 aromatic carbocycles. The Bertz CT molecular complexity index is 913. The van der Waals surface area contributed by atoms with Crippen LogP contribution in [0.15, 0.2) is 65.9 Å². The number of nitrogens with zero attached hydrogens (tertiary/aromatic N) is 2. The van der Waals surface area contributed by atoms with Crippen LogP contribution in [0.4, 0.5) is 0 Å². The molecule has 0 saturated carbocycles. The Morgan fingerprint density at radius 2 is 1.86 bits per heavy atom. The third-order valence-electron chi connectivity index (χ3n) is 5.56. The Balaban J connectivity index is 2.02. The number of hydrazone groups is 1. The highest BCUT2D eigenvalue weighted by atomic mass is 28.4. The van der Waals surface area contributed by atoms with Crippen molar-refractivity contribution in [2.45, 2.75) is 44.9 Å². The van der Waals surface area contributed by atoms with E-state index in [1.165, 1.54) is 6.08 Å². The molecule has 0 bridgehead atoms. The molecule has 1 aliphatic heterocycles. The summed E-state index contributed by atoms with van der Waals surface area (Å²) >= 11 is 0. The van der Waals surface area contributed by atoms with Crippen molar-refractivity contribution in [2.75, 3.05) is 0 Å². The van der Waals surface area contributed by atoms with E-state index >= 15 is 0 Å². The van der Waals surface area contributed by atoms with Crippen LogP contribution in [0.5, 0.6) is 5.75 Å². The van der Waals surface area contributed by atoms with E-state index in [-0.39, 0.29) is 11.1 Å². The molecule has 1 aliphatic rings. The second-order valence-electron chi connectivity index (χ2n) is 8.57. The molecule has 146 valence electrons. The number of fused-ring (bicyclic) bond motifs is 1. The van der Waals surface area contributed by atoms with E-state index in [1.807, 2.05) is 35.5 Å². The molecule has 1 unspecified atom stereocenters. The molecular formula is C23H28N2O2Si. The SMILES string of the molecule is CC(C)(C)[Si](C)(C)Oc1cccc(C2c3ccccc3C=NN2C=CC=O)c1. The molecule has 3 rings (SSSR count). The normalized spacial score (nSPS) is 16.9. The minimum atomic E-state index is -1.93. The first-order valence-corrected chi connectivity index (χ1v) is 12.5. The third kappa shape index (κ3) is 4.09. The summed E-state index contributed by atoms with van der Waals surface area (Å²) in [6.07, 6.45) is 5.78. The van der Waals surface area contributed by atoms with Gasteiger partial charge in [0.15, 0.2) is 0 Å². The van der Waals surface area contributed by atoms with E-state index in [0.29, 0.717) is 0 Å². The van der Waals surface area contributed by atoms with E-state index in [1.54, 1.807) is 6.20 Å². The first-order valence-electron chi connectivity index (χ1n) is 9.55. The highest BCUT2D eigenvalue weighted by Crippen LogP contribution is 2.39. The number of carbonyl (C=O) groups is 1. The zero-order chi connectivity index (χ0) is 20.4. The van der Waals surface area contributed by atoms with Gasteiger partial charge in [-0.15, -0.1) is 0 Å². The lowest BCUT2D eigenvalue weighted by Crippen LogP contribution is -2.43. The molecule has 1 atom stereocenters. The maximum absolute atomic E-state index is 10.9. The van der Waals surface area contributed by atoms with Gasteiger partial charge < -0.3 is 4.43 Å².